The first kappa shape index (κ1) is 12.4. The molecule has 2 aromatic rings. The quantitative estimate of drug-likeness (QED) is 0.927. The Morgan fingerprint density at radius 2 is 1.70 bits per heavy atom. The van der Waals surface area contributed by atoms with Crippen molar-refractivity contribution in [2.24, 2.45) is 5.16 Å². The fourth-order valence-corrected chi connectivity index (χ4v) is 2.08. The summed E-state index contributed by atoms with van der Waals surface area (Å²) >= 11 is 0. The second kappa shape index (κ2) is 5.57. The van der Waals surface area contributed by atoms with E-state index in [9.17, 15) is 4.79 Å². The summed E-state index contributed by atoms with van der Waals surface area (Å²) in [6.07, 6.45) is 0.315. The van der Waals surface area contributed by atoms with Crippen LogP contribution < -0.4 is 5.32 Å². The molecule has 4 heteroatoms. The number of oxime groups is 1. The molecule has 100 valence electrons. The number of carbonyl (C=O) groups excluding carboxylic acids is 1. The molecular weight excluding hydrogens is 252 g/mol. The molecule has 0 fully saturated rings. The number of carbonyl (C=O) groups is 1. The van der Waals surface area contributed by atoms with Gasteiger partial charge >= 0.3 is 0 Å². The van der Waals surface area contributed by atoms with E-state index in [4.69, 9.17) is 4.84 Å². The summed E-state index contributed by atoms with van der Waals surface area (Å²) in [4.78, 5) is 17.4. The van der Waals surface area contributed by atoms with Crippen LogP contribution in [0.4, 0.5) is 5.69 Å². The van der Waals surface area contributed by atoms with Gasteiger partial charge in [-0.05, 0) is 17.7 Å². The third kappa shape index (κ3) is 2.69. The maximum absolute atomic E-state index is 12.1. The highest BCUT2D eigenvalue weighted by molar-refractivity contribution is 6.43. The summed E-state index contributed by atoms with van der Waals surface area (Å²) in [6.45, 7) is 0. The van der Waals surface area contributed by atoms with E-state index < -0.39 is 0 Å². The van der Waals surface area contributed by atoms with Crippen molar-refractivity contribution in [2.45, 2.75) is 12.5 Å². The van der Waals surface area contributed by atoms with Gasteiger partial charge < -0.3 is 10.2 Å². The minimum absolute atomic E-state index is 0.173. The van der Waals surface area contributed by atoms with Crippen molar-refractivity contribution >= 4 is 17.3 Å². The van der Waals surface area contributed by atoms with Gasteiger partial charge in [0.1, 0.15) is 5.71 Å². The van der Waals surface area contributed by atoms with Gasteiger partial charge in [-0.3, -0.25) is 4.79 Å². The summed E-state index contributed by atoms with van der Waals surface area (Å²) in [7, 11) is 0. The van der Waals surface area contributed by atoms with Gasteiger partial charge in [0.15, 0.2) is 6.10 Å². The number of hydrogen-bond donors (Lipinski definition) is 1. The van der Waals surface area contributed by atoms with Gasteiger partial charge in [0.05, 0.1) is 0 Å². The summed E-state index contributed by atoms with van der Waals surface area (Å²) in [5.74, 6) is -0.213. The van der Waals surface area contributed by atoms with Gasteiger partial charge in [0.2, 0.25) is 0 Å². The van der Waals surface area contributed by atoms with Gasteiger partial charge in [0, 0.05) is 12.1 Å². The Kier molecular flexibility index (Phi) is 3.46. The van der Waals surface area contributed by atoms with Crippen LogP contribution in [0.1, 0.15) is 18.1 Å². The molecule has 0 unspecified atom stereocenters. The summed E-state index contributed by atoms with van der Waals surface area (Å²) in [5.41, 5.74) is 2.20. The molecule has 0 radical (unpaired) electrons. The second-order valence-electron chi connectivity index (χ2n) is 4.57. The van der Waals surface area contributed by atoms with Gasteiger partial charge in [-0.1, -0.05) is 53.7 Å². The molecule has 0 saturated heterocycles. The standard InChI is InChI=1S/C16H14N2O2/c19-16(17-13-9-5-2-6-10-13)14-11-15(20-18-14)12-7-3-1-4-8-12/h1-10,15H,11H2,(H,17,19)/t15-/m1/s1. The normalized spacial score (nSPS) is 17.2. The summed E-state index contributed by atoms with van der Waals surface area (Å²) < 4.78 is 0. The predicted octanol–water partition coefficient (Wildman–Crippen LogP) is 3.14. The molecule has 0 bridgehead atoms. The number of hydrogen-bond acceptors (Lipinski definition) is 3. The maximum atomic E-state index is 12.1. The van der Waals surface area contributed by atoms with Gasteiger partial charge in [-0.15, -0.1) is 0 Å². The predicted molar refractivity (Wildman–Crippen MR) is 77.4 cm³/mol. The minimum Gasteiger partial charge on any atom is -0.387 e. The number of benzene rings is 2. The minimum atomic E-state index is -0.213. The molecule has 1 atom stereocenters. The van der Waals surface area contributed by atoms with Crippen LogP contribution in [0, 0.1) is 0 Å². The molecule has 1 amide bonds. The number of nitrogens with one attached hydrogen (secondary N) is 1. The number of para-hydroxylation sites is 1. The molecule has 0 aromatic heterocycles. The van der Waals surface area contributed by atoms with Crippen molar-refractivity contribution in [1.82, 2.24) is 0 Å². The Morgan fingerprint density at radius 1 is 1.05 bits per heavy atom. The Bertz CT molecular complexity index is 623. The highest BCUT2D eigenvalue weighted by Gasteiger charge is 2.27. The van der Waals surface area contributed by atoms with Crippen molar-refractivity contribution in [3.8, 4) is 0 Å². The van der Waals surface area contributed by atoms with E-state index in [1.807, 2.05) is 60.7 Å². The SMILES string of the molecule is O=C(Nc1ccccc1)C1=NO[C@@H](c2ccccc2)C1. The largest absolute Gasteiger partial charge is 0.387 e. The van der Waals surface area contributed by atoms with Crippen LogP contribution in [0.15, 0.2) is 65.8 Å². The zero-order valence-corrected chi connectivity index (χ0v) is 10.8. The Hall–Kier alpha value is -2.62. The lowest BCUT2D eigenvalue weighted by Gasteiger charge is -2.07. The topological polar surface area (TPSA) is 50.7 Å². The van der Waals surface area contributed by atoms with Gasteiger partial charge in [0.25, 0.3) is 5.91 Å². The van der Waals surface area contributed by atoms with Gasteiger partial charge in [-0.25, -0.2) is 0 Å². The Morgan fingerprint density at radius 3 is 2.40 bits per heavy atom. The van der Waals surface area contributed by atoms with Crippen LogP contribution in [0.5, 0.6) is 0 Å². The van der Waals surface area contributed by atoms with Crippen LogP contribution in [-0.4, -0.2) is 11.6 Å². The van der Waals surface area contributed by atoms with Crippen LogP contribution in [-0.2, 0) is 9.63 Å². The molecule has 2 aromatic carbocycles. The van der Waals surface area contributed by atoms with E-state index in [1.54, 1.807) is 0 Å². The molecule has 1 aliphatic rings. The fraction of sp³-hybridized carbons (Fsp3) is 0.125. The second-order valence-corrected chi connectivity index (χ2v) is 4.57. The smallest absolute Gasteiger partial charge is 0.273 e. The van der Waals surface area contributed by atoms with Crippen molar-refractivity contribution in [3.63, 3.8) is 0 Å². The molecule has 0 aliphatic carbocycles. The first-order valence-electron chi connectivity index (χ1n) is 6.47. The molecule has 1 N–H and O–H groups in total. The zero-order valence-electron chi connectivity index (χ0n) is 10.8. The Labute approximate surface area is 117 Å². The highest BCUT2D eigenvalue weighted by Crippen LogP contribution is 2.27. The number of amides is 1. The lowest BCUT2D eigenvalue weighted by Crippen LogP contribution is -2.21. The van der Waals surface area contributed by atoms with E-state index in [1.165, 1.54) is 0 Å². The van der Waals surface area contributed by atoms with Crippen molar-refractivity contribution < 1.29 is 9.63 Å². The molecule has 0 saturated carbocycles. The average molecular weight is 266 g/mol. The molecule has 20 heavy (non-hydrogen) atoms. The monoisotopic (exact) mass is 266 g/mol. The van der Waals surface area contributed by atoms with Crippen molar-refractivity contribution in [1.29, 1.82) is 0 Å². The number of nitrogens with zero attached hydrogens (tertiary/aromatic N) is 1. The first-order chi connectivity index (χ1) is 9.83. The molecule has 1 heterocycles. The van der Waals surface area contributed by atoms with E-state index in [-0.39, 0.29) is 12.0 Å². The van der Waals surface area contributed by atoms with Crippen LogP contribution in [0.25, 0.3) is 0 Å². The fourth-order valence-electron chi connectivity index (χ4n) is 2.08. The highest BCUT2D eigenvalue weighted by atomic mass is 16.6. The van der Waals surface area contributed by atoms with Crippen LogP contribution in [0.2, 0.25) is 0 Å². The third-order valence-corrected chi connectivity index (χ3v) is 3.13. The van der Waals surface area contributed by atoms with E-state index >= 15 is 0 Å². The number of rotatable bonds is 3. The first-order valence-corrected chi connectivity index (χ1v) is 6.47. The van der Waals surface area contributed by atoms with Crippen LogP contribution >= 0.6 is 0 Å². The van der Waals surface area contributed by atoms with Crippen LogP contribution in [0.3, 0.4) is 0 Å². The lowest BCUT2D eigenvalue weighted by molar-refractivity contribution is -0.110. The molecule has 4 nitrogen and oxygen atoms in total. The zero-order chi connectivity index (χ0) is 13.8. The average Bonchev–Trinajstić information content (AvgIpc) is 2.99. The van der Waals surface area contributed by atoms with Crippen molar-refractivity contribution in [2.75, 3.05) is 5.32 Å². The lowest BCUT2D eigenvalue weighted by atomic mass is 10.0. The van der Waals surface area contributed by atoms with E-state index in [0.717, 1.165) is 11.3 Å². The number of anilines is 1. The molecule has 3 rings (SSSR count). The third-order valence-electron chi connectivity index (χ3n) is 3.13. The van der Waals surface area contributed by atoms with Gasteiger partial charge in [-0.2, -0.15) is 0 Å². The molecule has 0 spiro atoms. The summed E-state index contributed by atoms with van der Waals surface area (Å²) in [6, 6.07) is 19.1. The van der Waals surface area contributed by atoms with Crippen molar-refractivity contribution in [3.05, 3.63) is 66.2 Å². The summed E-state index contributed by atoms with van der Waals surface area (Å²) in [5, 5.41) is 6.70. The van der Waals surface area contributed by atoms with E-state index in [2.05, 4.69) is 10.5 Å². The Balaban J connectivity index is 1.64. The van der Waals surface area contributed by atoms with E-state index in [0.29, 0.717) is 12.1 Å². The molecular formula is C16H14N2O2. The maximum Gasteiger partial charge on any atom is 0.273 e. The molecule has 1 aliphatic heterocycles.